The molecule has 0 unspecified atom stereocenters. The first-order valence-corrected chi connectivity index (χ1v) is 4.43. The lowest BCUT2D eigenvalue weighted by atomic mass is 9.83. The third-order valence-corrected chi connectivity index (χ3v) is 2.43. The van der Waals surface area contributed by atoms with Crippen LogP contribution in [-0.4, -0.2) is 9.97 Å². The van der Waals surface area contributed by atoms with E-state index < -0.39 is 0 Å². The number of hydrogen-bond donors (Lipinski definition) is 1. The van der Waals surface area contributed by atoms with Crippen LogP contribution in [0, 0.1) is 0 Å². The minimum atomic E-state index is 0.261. The van der Waals surface area contributed by atoms with Crippen LogP contribution < -0.4 is 5.73 Å². The summed E-state index contributed by atoms with van der Waals surface area (Å²) in [5, 5.41) is 0.261. The van der Waals surface area contributed by atoms with Gasteiger partial charge in [0.05, 0.1) is 5.69 Å². The fourth-order valence-electron chi connectivity index (χ4n) is 1.37. The zero-order chi connectivity index (χ0) is 8.55. The molecule has 0 aromatic carbocycles. The van der Waals surface area contributed by atoms with Gasteiger partial charge in [-0.3, -0.25) is 0 Å². The highest BCUT2D eigenvalue weighted by Gasteiger charge is 2.21. The largest absolute Gasteiger partial charge is 0.384 e. The van der Waals surface area contributed by atoms with Gasteiger partial charge in [-0.25, -0.2) is 9.97 Å². The van der Waals surface area contributed by atoms with Gasteiger partial charge in [0.15, 0.2) is 0 Å². The predicted octanol–water partition coefficient (Wildman–Crippen LogP) is 1.98. The molecule has 12 heavy (non-hydrogen) atoms. The standard InChI is InChI=1S/C8H10ClN3/c9-8-11-6(4-7(10)12-8)5-2-1-3-5/h4-5H,1-3H2,(H2,10,11,12). The minimum absolute atomic E-state index is 0.261. The number of halogens is 1. The lowest BCUT2D eigenvalue weighted by Gasteiger charge is -2.24. The molecule has 3 nitrogen and oxygen atoms in total. The summed E-state index contributed by atoms with van der Waals surface area (Å²) in [4.78, 5) is 7.94. The summed E-state index contributed by atoms with van der Waals surface area (Å²) in [7, 11) is 0. The molecule has 4 heteroatoms. The average Bonchev–Trinajstić information content (AvgIpc) is 1.79. The van der Waals surface area contributed by atoms with E-state index in [1.165, 1.54) is 19.3 Å². The van der Waals surface area contributed by atoms with Crippen molar-refractivity contribution in [1.82, 2.24) is 9.97 Å². The average molecular weight is 184 g/mol. The molecular weight excluding hydrogens is 174 g/mol. The van der Waals surface area contributed by atoms with E-state index >= 15 is 0 Å². The maximum Gasteiger partial charge on any atom is 0.224 e. The molecule has 0 radical (unpaired) electrons. The van der Waals surface area contributed by atoms with E-state index in [1.54, 1.807) is 0 Å². The normalized spacial score (nSPS) is 17.4. The van der Waals surface area contributed by atoms with Gasteiger partial charge in [-0.15, -0.1) is 0 Å². The Kier molecular flexibility index (Phi) is 1.89. The van der Waals surface area contributed by atoms with E-state index in [9.17, 15) is 0 Å². The Hall–Kier alpha value is -0.830. The van der Waals surface area contributed by atoms with Gasteiger partial charge in [-0.2, -0.15) is 0 Å². The first-order valence-electron chi connectivity index (χ1n) is 4.05. The van der Waals surface area contributed by atoms with Crippen LogP contribution in [0.25, 0.3) is 0 Å². The Labute approximate surface area is 76.0 Å². The summed E-state index contributed by atoms with van der Waals surface area (Å²) in [5.74, 6) is 1.03. The molecule has 1 fully saturated rings. The lowest BCUT2D eigenvalue weighted by molar-refractivity contribution is 0.411. The van der Waals surface area contributed by atoms with Crippen LogP contribution >= 0.6 is 11.6 Å². The molecule has 1 heterocycles. The number of nitrogens with two attached hydrogens (primary N) is 1. The van der Waals surface area contributed by atoms with Gasteiger partial charge in [0.2, 0.25) is 5.28 Å². The third-order valence-electron chi connectivity index (χ3n) is 2.26. The second-order valence-electron chi connectivity index (χ2n) is 3.11. The molecule has 1 aliphatic rings. The molecule has 0 saturated heterocycles. The summed E-state index contributed by atoms with van der Waals surface area (Å²) in [6.07, 6.45) is 3.69. The summed E-state index contributed by atoms with van der Waals surface area (Å²) in [5.41, 5.74) is 6.54. The minimum Gasteiger partial charge on any atom is -0.384 e. The van der Waals surface area contributed by atoms with Gasteiger partial charge in [-0.1, -0.05) is 6.42 Å². The van der Waals surface area contributed by atoms with Crippen LogP contribution in [0.1, 0.15) is 30.9 Å². The van der Waals surface area contributed by atoms with Crippen molar-refractivity contribution in [3.05, 3.63) is 17.0 Å². The van der Waals surface area contributed by atoms with E-state index in [2.05, 4.69) is 9.97 Å². The summed E-state index contributed by atoms with van der Waals surface area (Å²) in [6, 6.07) is 1.82. The van der Waals surface area contributed by atoms with Gasteiger partial charge >= 0.3 is 0 Å². The van der Waals surface area contributed by atoms with Crippen molar-refractivity contribution >= 4 is 17.4 Å². The van der Waals surface area contributed by atoms with Gasteiger partial charge in [0.25, 0.3) is 0 Å². The van der Waals surface area contributed by atoms with Gasteiger partial charge in [0.1, 0.15) is 5.82 Å². The molecule has 2 rings (SSSR count). The zero-order valence-electron chi connectivity index (χ0n) is 6.63. The van der Waals surface area contributed by atoms with Crippen LogP contribution in [-0.2, 0) is 0 Å². The Bertz CT molecular complexity index is 276. The van der Waals surface area contributed by atoms with Gasteiger partial charge in [-0.05, 0) is 24.4 Å². The van der Waals surface area contributed by atoms with E-state index in [-0.39, 0.29) is 5.28 Å². The molecular formula is C8H10ClN3. The molecule has 0 amide bonds. The van der Waals surface area contributed by atoms with Crippen molar-refractivity contribution in [3.8, 4) is 0 Å². The molecule has 1 aliphatic carbocycles. The molecule has 2 N–H and O–H groups in total. The number of nitrogens with zero attached hydrogens (tertiary/aromatic N) is 2. The molecule has 0 bridgehead atoms. The number of nitrogen functional groups attached to an aromatic ring is 1. The van der Waals surface area contributed by atoms with Crippen molar-refractivity contribution in [1.29, 1.82) is 0 Å². The Morgan fingerprint density at radius 1 is 1.42 bits per heavy atom. The number of aromatic nitrogens is 2. The summed E-state index contributed by atoms with van der Waals surface area (Å²) < 4.78 is 0. The van der Waals surface area contributed by atoms with E-state index in [0.29, 0.717) is 11.7 Å². The number of rotatable bonds is 1. The van der Waals surface area contributed by atoms with Crippen molar-refractivity contribution in [3.63, 3.8) is 0 Å². The van der Waals surface area contributed by atoms with Crippen LogP contribution in [0.3, 0.4) is 0 Å². The van der Waals surface area contributed by atoms with Crippen molar-refractivity contribution in [2.24, 2.45) is 0 Å². The second-order valence-corrected chi connectivity index (χ2v) is 3.45. The topological polar surface area (TPSA) is 51.8 Å². The van der Waals surface area contributed by atoms with Crippen LogP contribution in [0.15, 0.2) is 6.07 Å². The van der Waals surface area contributed by atoms with Crippen molar-refractivity contribution in [2.45, 2.75) is 25.2 Å². The third kappa shape index (κ3) is 1.37. The van der Waals surface area contributed by atoms with Crippen LogP contribution in [0.5, 0.6) is 0 Å². The Morgan fingerprint density at radius 2 is 2.17 bits per heavy atom. The first kappa shape index (κ1) is 7.80. The fourth-order valence-corrected chi connectivity index (χ4v) is 1.56. The highest BCUT2D eigenvalue weighted by Crippen LogP contribution is 2.35. The van der Waals surface area contributed by atoms with Crippen LogP contribution in [0.2, 0.25) is 5.28 Å². The van der Waals surface area contributed by atoms with Gasteiger partial charge < -0.3 is 5.73 Å². The van der Waals surface area contributed by atoms with E-state index in [4.69, 9.17) is 17.3 Å². The molecule has 0 aliphatic heterocycles. The van der Waals surface area contributed by atoms with Crippen LogP contribution in [0.4, 0.5) is 5.82 Å². The van der Waals surface area contributed by atoms with E-state index in [0.717, 1.165) is 5.69 Å². The molecule has 0 spiro atoms. The van der Waals surface area contributed by atoms with E-state index in [1.807, 2.05) is 6.07 Å². The maximum atomic E-state index is 5.67. The maximum absolute atomic E-state index is 5.67. The second kappa shape index (κ2) is 2.90. The first-order chi connectivity index (χ1) is 5.75. The Morgan fingerprint density at radius 3 is 2.67 bits per heavy atom. The fraction of sp³-hybridized carbons (Fsp3) is 0.500. The molecule has 1 saturated carbocycles. The highest BCUT2D eigenvalue weighted by atomic mass is 35.5. The SMILES string of the molecule is Nc1cc(C2CCC2)nc(Cl)n1. The molecule has 1 aromatic rings. The summed E-state index contributed by atoms with van der Waals surface area (Å²) in [6.45, 7) is 0. The number of anilines is 1. The molecule has 1 aromatic heterocycles. The smallest absolute Gasteiger partial charge is 0.224 e. The molecule has 64 valence electrons. The van der Waals surface area contributed by atoms with Gasteiger partial charge in [0, 0.05) is 12.0 Å². The van der Waals surface area contributed by atoms with Crippen molar-refractivity contribution in [2.75, 3.05) is 5.73 Å². The summed E-state index contributed by atoms with van der Waals surface area (Å²) >= 11 is 5.67. The zero-order valence-corrected chi connectivity index (χ0v) is 7.38. The quantitative estimate of drug-likeness (QED) is 0.678. The lowest BCUT2D eigenvalue weighted by Crippen LogP contribution is -2.11. The number of hydrogen-bond acceptors (Lipinski definition) is 3. The highest BCUT2D eigenvalue weighted by molar-refractivity contribution is 6.28. The molecule has 0 atom stereocenters. The van der Waals surface area contributed by atoms with Crippen molar-refractivity contribution < 1.29 is 0 Å². The Balaban J connectivity index is 2.30. The predicted molar refractivity (Wildman–Crippen MR) is 48.0 cm³/mol. The monoisotopic (exact) mass is 183 g/mol.